The van der Waals surface area contributed by atoms with Crippen LogP contribution < -0.4 is 5.32 Å². The molecule has 1 rings (SSSR count). The van der Waals surface area contributed by atoms with Crippen molar-refractivity contribution in [3.05, 3.63) is 28.2 Å². The first-order chi connectivity index (χ1) is 7.58. The first-order valence-electron chi connectivity index (χ1n) is 5.65. The summed E-state index contributed by atoms with van der Waals surface area (Å²) in [6.45, 7) is 6.10. The Labute approximate surface area is 106 Å². The SMILES string of the molecule is CCC(CC)C(=O)Nc1ccc(Br)c(C)c1. The molecule has 88 valence electrons. The highest BCUT2D eigenvalue weighted by atomic mass is 79.9. The minimum atomic E-state index is 0.115. The van der Waals surface area contributed by atoms with Crippen LogP contribution in [0.2, 0.25) is 0 Å². The number of rotatable bonds is 4. The predicted octanol–water partition coefficient (Wildman–Crippen LogP) is 4.13. The van der Waals surface area contributed by atoms with Gasteiger partial charge in [0.25, 0.3) is 0 Å². The molecule has 1 aromatic carbocycles. The minimum absolute atomic E-state index is 0.115. The lowest BCUT2D eigenvalue weighted by Crippen LogP contribution is -2.21. The van der Waals surface area contributed by atoms with Gasteiger partial charge in [-0.05, 0) is 43.5 Å². The molecule has 2 nitrogen and oxygen atoms in total. The van der Waals surface area contributed by atoms with Crippen molar-refractivity contribution in [2.75, 3.05) is 5.32 Å². The molecule has 0 radical (unpaired) electrons. The third kappa shape index (κ3) is 3.34. The molecular formula is C13H18BrNO. The Balaban J connectivity index is 2.73. The molecule has 0 aromatic heterocycles. The summed E-state index contributed by atoms with van der Waals surface area (Å²) < 4.78 is 1.06. The number of benzene rings is 1. The zero-order valence-electron chi connectivity index (χ0n) is 10.0. The van der Waals surface area contributed by atoms with Gasteiger partial charge in [0.1, 0.15) is 0 Å². The molecule has 0 bridgehead atoms. The number of aryl methyl sites for hydroxylation is 1. The van der Waals surface area contributed by atoms with Crippen LogP contribution in [0.5, 0.6) is 0 Å². The quantitative estimate of drug-likeness (QED) is 0.884. The third-order valence-corrected chi connectivity index (χ3v) is 3.67. The third-order valence-electron chi connectivity index (χ3n) is 2.78. The van der Waals surface area contributed by atoms with Crippen molar-refractivity contribution in [1.29, 1.82) is 0 Å². The number of hydrogen-bond donors (Lipinski definition) is 1. The number of amides is 1. The summed E-state index contributed by atoms with van der Waals surface area (Å²) in [6, 6.07) is 5.85. The van der Waals surface area contributed by atoms with Crippen LogP contribution in [-0.4, -0.2) is 5.91 Å². The lowest BCUT2D eigenvalue weighted by atomic mass is 10.0. The van der Waals surface area contributed by atoms with Crippen molar-refractivity contribution < 1.29 is 4.79 Å². The fourth-order valence-corrected chi connectivity index (χ4v) is 1.87. The van der Waals surface area contributed by atoms with Crippen LogP contribution in [0.25, 0.3) is 0 Å². The van der Waals surface area contributed by atoms with E-state index in [0.29, 0.717) is 0 Å². The van der Waals surface area contributed by atoms with E-state index in [0.717, 1.165) is 28.6 Å². The standard InChI is InChI=1S/C13H18BrNO/c1-4-10(5-2)13(16)15-11-6-7-12(14)9(3)8-11/h6-8,10H,4-5H2,1-3H3,(H,15,16). The zero-order chi connectivity index (χ0) is 12.1. The van der Waals surface area contributed by atoms with Gasteiger partial charge in [0.2, 0.25) is 5.91 Å². The van der Waals surface area contributed by atoms with Crippen LogP contribution in [-0.2, 0) is 4.79 Å². The number of halogens is 1. The molecule has 1 amide bonds. The maximum Gasteiger partial charge on any atom is 0.227 e. The van der Waals surface area contributed by atoms with Crippen molar-refractivity contribution in [2.45, 2.75) is 33.6 Å². The predicted molar refractivity (Wildman–Crippen MR) is 71.6 cm³/mol. The monoisotopic (exact) mass is 283 g/mol. The Morgan fingerprint density at radius 3 is 2.50 bits per heavy atom. The number of carbonyl (C=O) groups is 1. The molecule has 1 N–H and O–H groups in total. The first kappa shape index (κ1) is 13.2. The molecule has 0 spiro atoms. The van der Waals surface area contributed by atoms with E-state index < -0.39 is 0 Å². The highest BCUT2D eigenvalue weighted by Gasteiger charge is 2.14. The highest BCUT2D eigenvalue weighted by molar-refractivity contribution is 9.10. The van der Waals surface area contributed by atoms with Gasteiger partial charge in [0, 0.05) is 16.1 Å². The van der Waals surface area contributed by atoms with Gasteiger partial charge < -0.3 is 5.32 Å². The van der Waals surface area contributed by atoms with Crippen LogP contribution in [0, 0.1) is 12.8 Å². The average molecular weight is 284 g/mol. The van der Waals surface area contributed by atoms with Crippen LogP contribution in [0.4, 0.5) is 5.69 Å². The summed E-state index contributed by atoms with van der Waals surface area (Å²) in [6.07, 6.45) is 1.77. The number of anilines is 1. The van der Waals surface area contributed by atoms with Gasteiger partial charge in [-0.2, -0.15) is 0 Å². The number of nitrogens with one attached hydrogen (secondary N) is 1. The summed E-state index contributed by atoms with van der Waals surface area (Å²) in [4.78, 5) is 11.8. The van der Waals surface area contributed by atoms with Gasteiger partial charge in [-0.15, -0.1) is 0 Å². The van der Waals surface area contributed by atoms with Crippen molar-refractivity contribution >= 4 is 27.5 Å². The van der Waals surface area contributed by atoms with Crippen molar-refractivity contribution in [1.82, 2.24) is 0 Å². The van der Waals surface area contributed by atoms with E-state index in [2.05, 4.69) is 21.2 Å². The lowest BCUT2D eigenvalue weighted by molar-refractivity contribution is -0.120. The molecule has 0 aliphatic rings. The molecule has 16 heavy (non-hydrogen) atoms. The van der Waals surface area contributed by atoms with Crippen molar-refractivity contribution in [3.8, 4) is 0 Å². The molecule has 0 aliphatic heterocycles. The number of hydrogen-bond acceptors (Lipinski definition) is 1. The highest BCUT2D eigenvalue weighted by Crippen LogP contribution is 2.21. The molecule has 0 atom stereocenters. The number of carbonyl (C=O) groups excluding carboxylic acids is 1. The van der Waals surface area contributed by atoms with E-state index >= 15 is 0 Å². The van der Waals surface area contributed by atoms with E-state index in [9.17, 15) is 4.79 Å². The van der Waals surface area contributed by atoms with Gasteiger partial charge in [0.05, 0.1) is 0 Å². The van der Waals surface area contributed by atoms with Gasteiger partial charge in [-0.1, -0.05) is 29.8 Å². The Morgan fingerprint density at radius 1 is 1.38 bits per heavy atom. The molecule has 3 heteroatoms. The molecule has 0 unspecified atom stereocenters. The van der Waals surface area contributed by atoms with E-state index in [1.54, 1.807) is 0 Å². The zero-order valence-corrected chi connectivity index (χ0v) is 11.6. The summed E-state index contributed by atoms with van der Waals surface area (Å²) in [5, 5.41) is 2.95. The van der Waals surface area contributed by atoms with Crippen LogP contribution in [0.3, 0.4) is 0 Å². The van der Waals surface area contributed by atoms with E-state index in [1.807, 2.05) is 39.0 Å². The Bertz CT molecular complexity index is 372. The molecule has 0 heterocycles. The largest absolute Gasteiger partial charge is 0.326 e. The summed E-state index contributed by atoms with van der Waals surface area (Å²) >= 11 is 3.44. The summed E-state index contributed by atoms with van der Waals surface area (Å²) in [7, 11) is 0. The van der Waals surface area contributed by atoms with Gasteiger partial charge >= 0.3 is 0 Å². The molecule has 0 saturated heterocycles. The lowest BCUT2D eigenvalue weighted by Gasteiger charge is -2.13. The van der Waals surface area contributed by atoms with Crippen LogP contribution in [0.1, 0.15) is 32.3 Å². The van der Waals surface area contributed by atoms with Crippen LogP contribution in [0.15, 0.2) is 22.7 Å². The minimum Gasteiger partial charge on any atom is -0.326 e. The van der Waals surface area contributed by atoms with Gasteiger partial charge in [0.15, 0.2) is 0 Å². The van der Waals surface area contributed by atoms with E-state index in [-0.39, 0.29) is 11.8 Å². The summed E-state index contributed by atoms with van der Waals surface area (Å²) in [5.41, 5.74) is 2.00. The van der Waals surface area contributed by atoms with Gasteiger partial charge in [-0.25, -0.2) is 0 Å². The fraction of sp³-hybridized carbons (Fsp3) is 0.462. The van der Waals surface area contributed by atoms with Crippen molar-refractivity contribution in [3.63, 3.8) is 0 Å². The Hall–Kier alpha value is -0.830. The Kier molecular flexibility index (Phi) is 5.00. The molecule has 0 aliphatic carbocycles. The molecular weight excluding hydrogens is 266 g/mol. The second-order valence-corrected chi connectivity index (χ2v) is 4.82. The smallest absolute Gasteiger partial charge is 0.227 e. The average Bonchev–Trinajstić information content (AvgIpc) is 2.25. The first-order valence-corrected chi connectivity index (χ1v) is 6.44. The topological polar surface area (TPSA) is 29.1 Å². The normalized spacial score (nSPS) is 10.6. The second kappa shape index (κ2) is 6.04. The van der Waals surface area contributed by atoms with Gasteiger partial charge in [-0.3, -0.25) is 4.79 Å². The van der Waals surface area contributed by atoms with E-state index in [4.69, 9.17) is 0 Å². The Morgan fingerprint density at radius 2 is 2.00 bits per heavy atom. The molecule has 0 fully saturated rings. The van der Waals surface area contributed by atoms with E-state index in [1.165, 1.54) is 0 Å². The van der Waals surface area contributed by atoms with Crippen LogP contribution >= 0.6 is 15.9 Å². The summed E-state index contributed by atoms with van der Waals surface area (Å²) in [5.74, 6) is 0.232. The molecule has 0 saturated carbocycles. The fourth-order valence-electron chi connectivity index (χ4n) is 1.63. The second-order valence-electron chi connectivity index (χ2n) is 3.97. The maximum absolute atomic E-state index is 11.8. The maximum atomic E-state index is 11.8. The molecule has 1 aromatic rings. The van der Waals surface area contributed by atoms with Crippen molar-refractivity contribution in [2.24, 2.45) is 5.92 Å².